The summed E-state index contributed by atoms with van der Waals surface area (Å²) in [4.78, 5) is 19.9. The number of ether oxygens (including phenoxy) is 1. The number of para-hydroxylation sites is 1. The highest BCUT2D eigenvalue weighted by Gasteiger charge is 2.25. The SMILES string of the molecule is CN1CCc2nc3ccccc3c(C(=O)OCc3ccccc3)c2C1. The average Bonchev–Trinajstić information content (AvgIpc) is 2.65. The Kier molecular flexibility index (Phi) is 4.20. The summed E-state index contributed by atoms with van der Waals surface area (Å²) in [6.45, 7) is 1.96. The van der Waals surface area contributed by atoms with Crippen LogP contribution in [0.4, 0.5) is 0 Å². The molecule has 126 valence electrons. The number of pyridine rings is 1. The second-order valence-corrected chi connectivity index (χ2v) is 6.48. The number of esters is 1. The van der Waals surface area contributed by atoms with Crippen LogP contribution in [0, 0.1) is 0 Å². The third-order valence-electron chi connectivity index (χ3n) is 4.65. The van der Waals surface area contributed by atoms with Crippen molar-refractivity contribution in [3.05, 3.63) is 77.0 Å². The first-order valence-electron chi connectivity index (χ1n) is 8.52. The molecule has 4 nitrogen and oxygen atoms in total. The number of nitrogens with zero attached hydrogens (tertiary/aromatic N) is 2. The number of aromatic nitrogens is 1. The van der Waals surface area contributed by atoms with E-state index in [0.29, 0.717) is 5.56 Å². The maximum atomic E-state index is 12.9. The Labute approximate surface area is 147 Å². The first kappa shape index (κ1) is 15.8. The lowest BCUT2D eigenvalue weighted by Crippen LogP contribution is -2.29. The molecule has 0 amide bonds. The minimum absolute atomic E-state index is 0.269. The van der Waals surface area contributed by atoms with Crippen LogP contribution < -0.4 is 0 Å². The van der Waals surface area contributed by atoms with Gasteiger partial charge in [0.2, 0.25) is 0 Å². The van der Waals surface area contributed by atoms with Gasteiger partial charge in [-0.1, -0.05) is 48.5 Å². The predicted molar refractivity (Wildman–Crippen MR) is 97.3 cm³/mol. The molecule has 4 rings (SSSR count). The second kappa shape index (κ2) is 6.65. The lowest BCUT2D eigenvalue weighted by molar-refractivity contribution is 0.0472. The first-order chi connectivity index (χ1) is 12.2. The van der Waals surface area contributed by atoms with E-state index in [4.69, 9.17) is 9.72 Å². The molecule has 0 N–H and O–H groups in total. The topological polar surface area (TPSA) is 42.4 Å². The van der Waals surface area contributed by atoms with Crippen molar-refractivity contribution in [2.75, 3.05) is 13.6 Å². The monoisotopic (exact) mass is 332 g/mol. The van der Waals surface area contributed by atoms with Gasteiger partial charge in [-0.3, -0.25) is 4.98 Å². The predicted octanol–water partition coefficient (Wildman–Crippen LogP) is 3.58. The van der Waals surface area contributed by atoms with Gasteiger partial charge in [0.1, 0.15) is 6.61 Å². The molecular weight excluding hydrogens is 312 g/mol. The van der Waals surface area contributed by atoms with Crippen molar-refractivity contribution in [2.24, 2.45) is 0 Å². The largest absolute Gasteiger partial charge is 0.457 e. The Bertz CT molecular complexity index is 922. The summed E-state index contributed by atoms with van der Waals surface area (Å²) in [6.07, 6.45) is 0.857. The van der Waals surface area contributed by atoms with Crippen LogP contribution >= 0.6 is 0 Å². The minimum Gasteiger partial charge on any atom is -0.457 e. The summed E-state index contributed by atoms with van der Waals surface area (Å²) in [5, 5.41) is 0.870. The number of fused-ring (bicyclic) bond motifs is 2. The molecule has 4 heteroatoms. The summed E-state index contributed by atoms with van der Waals surface area (Å²) < 4.78 is 5.64. The quantitative estimate of drug-likeness (QED) is 0.688. The first-order valence-corrected chi connectivity index (χ1v) is 8.52. The van der Waals surface area contributed by atoms with Gasteiger partial charge in [0.25, 0.3) is 0 Å². The Morgan fingerprint density at radius 2 is 1.88 bits per heavy atom. The highest BCUT2D eigenvalue weighted by Crippen LogP contribution is 2.28. The summed E-state index contributed by atoms with van der Waals surface area (Å²) in [5.74, 6) is -0.269. The van der Waals surface area contributed by atoms with Crippen LogP contribution in [-0.2, 0) is 24.3 Å². The number of rotatable bonds is 3. The van der Waals surface area contributed by atoms with E-state index in [1.165, 1.54) is 0 Å². The molecular formula is C21H20N2O2. The fraction of sp³-hybridized carbons (Fsp3) is 0.238. The Morgan fingerprint density at radius 3 is 2.72 bits per heavy atom. The number of benzene rings is 2. The van der Waals surface area contributed by atoms with Crippen molar-refractivity contribution in [3.63, 3.8) is 0 Å². The molecule has 0 fully saturated rings. The van der Waals surface area contributed by atoms with Crippen LogP contribution in [0.2, 0.25) is 0 Å². The lowest BCUT2D eigenvalue weighted by Gasteiger charge is -2.26. The lowest BCUT2D eigenvalue weighted by atomic mass is 9.96. The number of hydrogen-bond donors (Lipinski definition) is 0. The van der Waals surface area contributed by atoms with Gasteiger partial charge < -0.3 is 9.64 Å². The molecule has 0 radical (unpaired) electrons. The minimum atomic E-state index is -0.269. The molecule has 3 aromatic rings. The highest BCUT2D eigenvalue weighted by molar-refractivity contribution is 6.05. The number of carbonyl (C=O) groups is 1. The molecule has 0 unspecified atom stereocenters. The van der Waals surface area contributed by atoms with Crippen molar-refractivity contribution in [3.8, 4) is 0 Å². The summed E-state index contributed by atoms with van der Waals surface area (Å²) >= 11 is 0. The van der Waals surface area contributed by atoms with Crippen LogP contribution in [0.3, 0.4) is 0 Å². The maximum Gasteiger partial charge on any atom is 0.339 e. The summed E-state index contributed by atoms with van der Waals surface area (Å²) in [6, 6.07) is 17.6. The van der Waals surface area contributed by atoms with Gasteiger partial charge in [-0.15, -0.1) is 0 Å². The van der Waals surface area contributed by atoms with Crippen LogP contribution in [-0.4, -0.2) is 29.4 Å². The maximum absolute atomic E-state index is 12.9. The Morgan fingerprint density at radius 1 is 1.12 bits per heavy atom. The molecule has 0 saturated carbocycles. The van der Waals surface area contributed by atoms with Crippen LogP contribution in [0.1, 0.15) is 27.2 Å². The number of likely N-dealkylation sites (N-methyl/N-ethyl adjacent to an activating group) is 1. The van der Waals surface area contributed by atoms with E-state index in [1.54, 1.807) is 0 Å². The summed E-state index contributed by atoms with van der Waals surface area (Å²) in [5.41, 5.74) is 4.54. The van der Waals surface area contributed by atoms with Crippen LogP contribution in [0.5, 0.6) is 0 Å². The van der Waals surface area contributed by atoms with Crippen LogP contribution in [0.25, 0.3) is 10.9 Å². The molecule has 0 aliphatic carbocycles. The van der Waals surface area contributed by atoms with Gasteiger partial charge in [-0.25, -0.2) is 4.79 Å². The molecule has 0 bridgehead atoms. The zero-order chi connectivity index (χ0) is 17.2. The molecule has 25 heavy (non-hydrogen) atoms. The molecule has 0 saturated heterocycles. The molecule has 1 aliphatic rings. The second-order valence-electron chi connectivity index (χ2n) is 6.48. The van der Waals surface area contributed by atoms with E-state index in [0.717, 1.165) is 47.2 Å². The molecule has 2 aromatic carbocycles. The Balaban J connectivity index is 1.74. The van der Waals surface area contributed by atoms with E-state index < -0.39 is 0 Å². The molecule has 1 aromatic heterocycles. The van der Waals surface area contributed by atoms with Crippen molar-refractivity contribution < 1.29 is 9.53 Å². The normalized spacial score (nSPS) is 14.3. The fourth-order valence-corrected chi connectivity index (χ4v) is 3.35. The number of hydrogen-bond acceptors (Lipinski definition) is 4. The van der Waals surface area contributed by atoms with E-state index in [1.807, 2.05) is 54.6 Å². The zero-order valence-electron chi connectivity index (χ0n) is 14.2. The fourth-order valence-electron chi connectivity index (χ4n) is 3.35. The van der Waals surface area contributed by atoms with Gasteiger partial charge in [-0.05, 0) is 18.7 Å². The molecule has 2 heterocycles. The van der Waals surface area contributed by atoms with Crippen molar-refractivity contribution in [2.45, 2.75) is 19.6 Å². The smallest absolute Gasteiger partial charge is 0.339 e. The molecule has 1 aliphatic heterocycles. The van der Waals surface area contributed by atoms with E-state index in [-0.39, 0.29) is 12.6 Å². The summed E-state index contributed by atoms with van der Waals surface area (Å²) in [7, 11) is 2.07. The van der Waals surface area contributed by atoms with Crippen molar-refractivity contribution >= 4 is 16.9 Å². The van der Waals surface area contributed by atoms with E-state index in [9.17, 15) is 4.79 Å². The van der Waals surface area contributed by atoms with Gasteiger partial charge in [0.15, 0.2) is 0 Å². The number of carbonyl (C=O) groups excluding carboxylic acids is 1. The standard InChI is InChI=1S/C21H20N2O2/c1-23-12-11-19-17(13-23)20(16-9-5-6-10-18(16)22-19)21(24)25-14-15-7-3-2-4-8-15/h2-10H,11-14H2,1H3. The van der Waals surface area contributed by atoms with Crippen molar-refractivity contribution in [1.29, 1.82) is 0 Å². The molecule has 0 spiro atoms. The molecule has 0 atom stereocenters. The third kappa shape index (κ3) is 3.13. The van der Waals surface area contributed by atoms with Gasteiger partial charge in [0, 0.05) is 36.2 Å². The van der Waals surface area contributed by atoms with Crippen LogP contribution in [0.15, 0.2) is 54.6 Å². The third-order valence-corrected chi connectivity index (χ3v) is 4.65. The van der Waals surface area contributed by atoms with Gasteiger partial charge in [-0.2, -0.15) is 0 Å². The average molecular weight is 332 g/mol. The van der Waals surface area contributed by atoms with E-state index >= 15 is 0 Å². The highest BCUT2D eigenvalue weighted by atomic mass is 16.5. The van der Waals surface area contributed by atoms with Crippen molar-refractivity contribution in [1.82, 2.24) is 9.88 Å². The van der Waals surface area contributed by atoms with Gasteiger partial charge >= 0.3 is 5.97 Å². The van der Waals surface area contributed by atoms with E-state index in [2.05, 4.69) is 11.9 Å². The zero-order valence-corrected chi connectivity index (χ0v) is 14.2. The Hall–Kier alpha value is -2.72. The van der Waals surface area contributed by atoms with Gasteiger partial charge in [0.05, 0.1) is 11.1 Å².